The van der Waals surface area contributed by atoms with Gasteiger partial charge in [-0.05, 0) is 41.2 Å². The molecule has 6 heteroatoms. The fourth-order valence-electron chi connectivity index (χ4n) is 3.09. The number of para-hydroxylation sites is 1. The Kier molecular flexibility index (Phi) is 6.22. The average Bonchev–Trinajstić information content (AvgIpc) is 2.68. The van der Waals surface area contributed by atoms with Gasteiger partial charge in [0.1, 0.15) is 5.82 Å². The highest BCUT2D eigenvalue weighted by molar-refractivity contribution is 6.04. The van der Waals surface area contributed by atoms with Crippen LogP contribution in [0.4, 0.5) is 21.7 Å². The van der Waals surface area contributed by atoms with E-state index in [-0.39, 0.29) is 29.5 Å². The van der Waals surface area contributed by atoms with Gasteiger partial charge in [0.15, 0.2) is 0 Å². The van der Waals surface area contributed by atoms with Crippen LogP contribution in [0.2, 0.25) is 0 Å². The minimum atomic E-state index is -0.351. The smallest absolute Gasteiger partial charge is 0.258 e. The third-order valence-corrected chi connectivity index (χ3v) is 4.61. The van der Waals surface area contributed by atoms with Crippen LogP contribution in [0.5, 0.6) is 0 Å². The van der Waals surface area contributed by atoms with Crippen LogP contribution in [0.15, 0.2) is 54.9 Å². The highest BCUT2D eigenvalue weighted by Crippen LogP contribution is 2.32. The van der Waals surface area contributed by atoms with Gasteiger partial charge in [-0.3, -0.25) is 4.79 Å². The van der Waals surface area contributed by atoms with Crippen molar-refractivity contribution in [2.75, 3.05) is 10.6 Å². The van der Waals surface area contributed by atoms with E-state index >= 15 is 0 Å². The third kappa shape index (κ3) is 4.96. The topological polar surface area (TPSA) is 66.9 Å². The minimum Gasteiger partial charge on any atom is -0.324 e. The van der Waals surface area contributed by atoms with Gasteiger partial charge in [0.25, 0.3) is 5.91 Å². The van der Waals surface area contributed by atoms with Crippen molar-refractivity contribution < 1.29 is 9.18 Å². The molecule has 0 atom stereocenters. The average molecular weight is 392 g/mol. The molecule has 2 N–H and O–H groups in total. The zero-order chi connectivity index (χ0) is 21.0. The van der Waals surface area contributed by atoms with Crippen molar-refractivity contribution in [2.24, 2.45) is 0 Å². The van der Waals surface area contributed by atoms with Crippen molar-refractivity contribution in [1.29, 1.82) is 0 Å². The number of carbonyl (C=O) groups excluding carboxylic acids is 1. The Hall–Kier alpha value is -3.28. The summed E-state index contributed by atoms with van der Waals surface area (Å²) in [5.74, 6) is 0.224. The summed E-state index contributed by atoms with van der Waals surface area (Å²) in [6, 6.07) is 12.1. The van der Waals surface area contributed by atoms with Crippen molar-refractivity contribution >= 4 is 23.2 Å². The van der Waals surface area contributed by atoms with E-state index in [1.165, 1.54) is 24.5 Å². The molecule has 1 amide bonds. The highest BCUT2D eigenvalue weighted by atomic mass is 19.1. The number of nitrogens with one attached hydrogen (secondary N) is 2. The Morgan fingerprint density at radius 3 is 2.07 bits per heavy atom. The molecule has 0 fully saturated rings. The van der Waals surface area contributed by atoms with Crippen molar-refractivity contribution in [1.82, 2.24) is 9.97 Å². The molecule has 2 aromatic carbocycles. The number of hydrogen-bond donors (Lipinski definition) is 2. The number of amides is 1. The maximum atomic E-state index is 13.3. The second-order valence-electron chi connectivity index (χ2n) is 7.51. The number of hydrogen-bond acceptors (Lipinski definition) is 4. The van der Waals surface area contributed by atoms with Crippen LogP contribution in [0.25, 0.3) is 0 Å². The van der Waals surface area contributed by atoms with Gasteiger partial charge in [-0.1, -0.05) is 52.0 Å². The summed E-state index contributed by atoms with van der Waals surface area (Å²) in [5, 5.41) is 5.96. The van der Waals surface area contributed by atoms with E-state index in [4.69, 9.17) is 0 Å². The van der Waals surface area contributed by atoms with E-state index in [1.54, 1.807) is 12.1 Å². The lowest BCUT2D eigenvalue weighted by molar-refractivity contribution is 0.102. The summed E-state index contributed by atoms with van der Waals surface area (Å²) >= 11 is 0. The lowest BCUT2D eigenvalue weighted by atomic mass is 9.92. The molecule has 0 aliphatic carbocycles. The molecule has 0 radical (unpaired) electrons. The van der Waals surface area contributed by atoms with Crippen molar-refractivity contribution in [3.05, 3.63) is 77.4 Å². The van der Waals surface area contributed by atoms with E-state index < -0.39 is 0 Å². The maximum Gasteiger partial charge on any atom is 0.258 e. The first-order valence-electron chi connectivity index (χ1n) is 9.64. The van der Waals surface area contributed by atoms with Gasteiger partial charge < -0.3 is 10.6 Å². The number of aromatic nitrogens is 2. The molecule has 3 aromatic rings. The van der Waals surface area contributed by atoms with E-state index in [9.17, 15) is 9.18 Å². The molecule has 150 valence electrons. The SMILES string of the molecule is CC(C)c1cccc(C(C)C)c1NC(=O)c1cnc(Nc2cccc(F)c2)nc1. The molecule has 29 heavy (non-hydrogen) atoms. The van der Waals surface area contributed by atoms with Crippen LogP contribution in [0, 0.1) is 5.82 Å². The Balaban J connectivity index is 1.80. The molecular formula is C23H25FN4O. The summed E-state index contributed by atoms with van der Waals surface area (Å²) in [7, 11) is 0. The van der Waals surface area contributed by atoms with Crippen molar-refractivity contribution in [3.63, 3.8) is 0 Å². The monoisotopic (exact) mass is 392 g/mol. The summed E-state index contributed by atoms with van der Waals surface area (Å²) in [4.78, 5) is 21.2. The molecule has 3 rings (SSSR count). The largest absolute Gasteiger partial charge is 0.324 e. The molecule has 1 aromatic heterocycles. The maximum absolute atomic E-state index is 13.3. The second kappa shape index (κ2) is 8.82. The zero-order valence-corrected chi connectivity index (χ0v) is 17.0. The van der Waals surface area contributed by atoms with E-state index in [0.29, 0.717) is 11.3 Å². The van der Waals surface area contributed by atoms with E-state index in [2.05, 4.69) is 48.3 Å². The normalized spacial score (nSPS) is 11.0. The standard InChI is InChI=1S/C23H25FN4O/c1-14(2)19-9-6-10-20(15(3)4)21(19)28-22(29)16-12-25-23(26-13-16)27-18-8-5-7-17(24)11-18/h5-15H,1-4H3,(H,28,29)(H,25,26,27). The van der Waals surface area contributed by atoms with Gasteiger partial charge in [-0.2, -0.15) is 0 Å². The number of nitrogens with zero attached hydrogens (tertiary/aromatic N) is 2. The highest BCUT2D eigenvalue weighted by Gasteiger charge is 2.17. The Bertz CT molecular complexity index is 974. The van der Waals surface area contributed by atoms with Gasteiger partial charge in [-0.15, -0.1) is 0 Å². The summed E-state index contributed by atoms with van der Waals surface area (Å²) < 4.78 is 13.3. The summed E-state index contributed by atoms with van der Waals surface area (Å²) in [6.45, 7) is 8.41. The second-order valence-corrected chi connectivity index (χ2v) is 7.51. The fraction of sp³-hybridized carbons (Fsp3) is 0.261. The number of rotatable bonds is 6. The van der Waals surface area contributed by atoms with E-state index in [1.807, 2.05) is 18.2 Å². The van der Waals surface area contributed by atoms with Crippen LogP contribution in [0.1, 0.15) is 61.0 Å². The number of benzene rings is 2. The van der Waals surface area contributed by atoms with Crippen LogP contribution in [0.3, 0.4) is 0 Å². The molecule has 0 saturated carbocycles. The molecule has 0 unspecified atom stereocenters. The molecule has 0 aliphatic rings. The van der Waals surface area contributed by atoms with Crippen LogP contribution < -0.4 is 10.6 Å². The zero-order valence-electron chi connectivity index (χ0n) is 17.0. The lowest BCUT2D eigenvalue weighted by Gasteiger charge is -2.20. The van der Waals surface area contributed by atoms with E-state index in [0.717, 1.165) is 16.8 Å². The van der Waals surface area contributed by atoms with Gasteiger partial charge in [0, 0.05) is 23.8 Å². The summed E-state index contributed by atoms with van der Waals surface area (Å²) in [6.07, 6.45) is 2.91. The molecular weight excluding hydrogens is 367 g/mol. The molecule has 0 aliphatic heterocycles. The van der Waals surface area contributed by atoms with Gasteiger partial charge in [-0.25, -0.2) is 14.4 Å². The molecule has 0 spiro atoms. The Morgan fingerprint density at radius 1 is 0.931 bits per heavy atom. The Labute approximate surface area is 170 Å². The minimum absolute atomic E-state index is 0.266. The predicted octanol–water partition coefficient (Wildman–Crippen LogP) is 5.86. The quantitative estimate of drug-likeness (QED) is 0.551. The first-order valence-corrected chi connectivity index (χ1v) is 9.64. The first kappa shape index (κ1) is 20.5. The molecule has 0 bridgehead atoms. The van der Waals surface area contributed by atoms with Crippen molar-refractivity contribution in [3.8, 4) is 0 Å². The van der Waals surface area contributed by atoms with Gasteiger partial charge in [0.05, 0.1) is 5.56 Å². The van der Waals surface area contributed by atoms with Gasteiger partial charge in [0.2, 0.25) is 5.95 Å². The molecule has 1 heterocycles. The van der Waals surface area contributed by atoms with Crippen molar-refractivity contribution in [2.45, 2.75) is 39.5 Å². The lowest BCUT2D eigenvalue weighted by Crippen LogP contribution is -2.16. The van der Waals surface area contributed by atoms with Crippen LogP contribution in [-0.4, -0.2) is 15.9 Å². The Morgan fingerprint density at radius 2 is 1.52 bits per heavy atom. The predicted molar refractivity (Wildman–Crippen MR) is 114 cm³/mol. The fourth-order valence-corrected chi connectivity index (χ4v) is 3.09. The molecule has 0 saturated heterocycles. The van der Waals surface area contributed by atoms with Gasteiger partial charge >= 0.3 is 0 Å². The summed E-state index contributed by atoms with van der Waals surface area (Å²) in [5.41, 5.74) is 3.92. The number of halogens is 1. The van der Waals surface area contributed by atoms with Crippen LogP contribution in [-0.2, 0) is 0 Å². The number of anilines is 3. The third-order valence-electron chi connectivity index (χ3n) is 4.61. The number of carbonyl (C=O) groups is 1. The van der Waals surface area contributed by atoms with Crippen LogP contribution >= 0.6 is 0 Å². The first-order chi connectivity index (χ1) is 13.8. The molecule has 5 nitrogen and oxygen atoms in total.